The molecule has 2 aliphatic heterocycles. The number of rotatable bonds is 0. The second-order valence-electron chi connectivity index (χ2n) is 3.98. The molecule has 2 aromatic rings. The molecule has 1 spiro atoms. The molecule has 18 heavy (non-hydrogen) atoms. The van der Waals surface area contributed by atoms with Gasteiger partial charge in [-0.2, -0.15) is 0 Å². The molecule has 2 heterocycles. The van der Waals surface area contributed by atoms with Gasteiger partial charge < -0.3 is 0 Å². The van der Waals surface area contributed by atoms with E-state index in [2.05, 4.69) is 15.5 Å². The Morgan fingerprint density at radius 1 is 0.611 bits per heavy atom. The summed E-state index contributed by atoms with van der Waals surface area (Å²) in [6, 6.07) is 14.7. The van der Waals surface area contributed by atoms with Crippen LogP contribution in [0.1, 0.15) is 0 Å². The van der Waals surface area contributed by atoms with Gasteiger partial charge in [-0.1, -0.05) is 0 Å². The summed E-state index contributed by atoms with van der Waals surface area (Å²) >= 11 is 3.42. The van der Waals surface area contributed by atoms with Crippen molar-refractivity contribution >= 4 is 21.7 Å². The van der Waals surface area contributed by atoms with Crippen LogP contribution in [-0.2, 0) is 0 Å². The molecule has 4 nitrogen and oxygen atoms in total. The molecule has 0 saturated carbocycles. The van der Waals surface area contributed by atoms with Gasteiger partial charge >= 0.3 is 111 Å². The zero-order valence-corrected chi connectivity index (χ0v) is 11.6. The number of para-hydroxylation sites is 4. The third-order valence-electron chi connectivity index (χ3n) is 2.68. The molecule has 0 N–H and O–H groups in total. The van der Waals surface area contributed by atoms with Crippen LogP contribution in [0.5, 0.6) is 23.0 Å². The molecule has 0 aromatic heterocycles. The van der Waals surface area contributed by atoms with Gasteiger partial charge in [-0.3, -0.25) is 0 Å². The fraction of sp³-hybridized carbons (Fsp3) is 0. The van der Waals surface area contributed by atoms with Crippen molar-refractivity contribution in [1.82, 2.24) is 0 Å². The number of halogens is 1. The predicted molar refractivity (Wildman–Crippen MR) is 71.2 cm³/mol. The molecule has 0 saturated heterocycles. The van der Waals surface area contributed by atoms with E-state index in [1.807, 2.05) is 48.5 Å². The molecule has 0 radical (unpaired) electrons. The predicted octanol–water partition coefficient (Wildman–Crippen LogP) is 4.45. The molecule has 92 valence electrons. The summed E-state index contributed by atoms with van der Waals surface area (Å²) in [6.45, 7) is 0. The van der Waals surface area contributed by atoms with E-state index in [4.69, 9.17) is 18.1 Å². The molecule has 0 atom stereocenters. The first-order valence-electron chi connectivity index (χ1n) is 5.37. The monoisotopic (exact) mass is 326 g/mol. The van der Waals surface area contributed by atoms with E-state index < -0.39 is 6.21 Å². The molecule has 2 aliphatic rings. The van der Waals surface area contributed by atoms with Crippen LogP contribution in [0.2, 0.25) is 0 Å². The maximum absolute atomic E-state index is 5.81. The van der Waals surface area contributed by atoms with Crippen molar-refractivity contribution in [2.45, 2.75) is 0 Å². The van der Waals surface area contributed by atoms with Crippen molar-refractivity contribution in [2.75, 3.05) is 0 Å². The quantitative estimate of drug-likeness (QED) is 0.670. The summed E-state index contributed by atoms with van der Waals surface area (Å²) < 4.78 is 23.2. The van der Waals surface area contributed by atoms with Crippen LogP contribution >= 0.6 is 21.7 Å². The molecule has 2 aromatic carbocycles. The molecule has 0 unspecified atom stereocenters. The Hall–Kier alpha value is -1.45. The van der Waals surface area contributed by atoms with Crippen molar-refractivity contribution in [1.29, 1.82) is 0 Å². The maximum atomic E-state index is 5.81. The number of hydrogen-bond donors (Lipinski definition) is 0. The minimum absolute atomic E-state index is 0.611. The van der Waals surface area contributed by atoms with Gasteiger partial charge in [0.05, 0.1) is 0 Å². The van der Waals surface area contributed by atoms with Gasteiger partial charge in [-0.15, -0.1) is 0 Å². The number of benzene rings is 2. The van der Waals surface area contributed by atoms with Crippen molar-refractivity contribution in [2.24, 2.45) is 0 Å². The molecule has 0 aliphatic carbocycles. The van der Waals surface area contributed by atoms with Gasteiger partial charge in [0.2, 0.25) is 0 Å². The van der Waals surface area contributed by atoms with Gasteiger partial charge in [0, 0.05) is 0 Å². The van der Waals surface area contributed by atoms with Crippen LogP contribution in [0.25, 0.3) is 0 Å². The second kappa shape index (κ2) is 3.11. The van der Waals surface area contributed by atoms with E-state index in [0.717, 1.165) is 0 Å². The van der Waals surface area contributed by atoms with E-state index in [9.17, 15) is 0 Å². The van der Waals surface area contributed by atoms with Crippen LogP contribution in [0, 0.1) is 0 Å². The molecule has 0 amide bonds. The van der Waals surface area contributed by atoms with Gasteiger partial charge in [-0.05, 0) is 0 Å². The standard InChI is InChI=1S/C12H8BrO4P/c13-18(14-9-5-1-2-6-10(9)15-18)16-11-7-3-4-8-12(11)17-18/h1-8H. The average Bonchev–Trinajstić information content (AvgIpc) is 2.81. The van der Waals surface area contributed by atoms with Crippen LogP contribution in [0.4, 0.5) is 0 Å². The van der Waals surface area contributed by atoms with E-state index >= 15 is 0 Å². The topological polar surface area (TPSA) is 36.9 Å². The van der Waals surface area contributed by atoms with Crippen LogP contribution in [0.3, 0.4) is 0 Å². The average molecular weight is 327 g/mol. The van der Waals surface area contributed by atoms with Gasteiger partial charge in [0.1, 0.15) is 0 Å². The Bertz CT molecular complexity index is 547. The first kappa shape index (κ1) is 10.5. The summed E-state index contributed by atoms with van der Waals surface area (Å²) in [4.78, 5) is 0. The second-order valence-corrected chi connectivity index (χ2v) is 9.63. The van der Waals surface area contributed by atoms with E-state index in [-0.39, 0.29) is 0 Å². The van der Waals surface area contributed by atoms with Crippen molar-refractivity contribution in [3.05, 3.63) is 48.5 Å². The van der Waals surface area contributed by atoms with Gasteiger partial charge in [-0.25, -0.2) is 0 Å². The van der Waals surface area contributed by atoms with E-state index in [1.165, 1.54) is 0 Å². The summed E-state index contributed by atoms with van der Waals surface area (Å²) in [5, 5.41) is 0. The third kappa shape index (κ3) is 1.35. The molecule has 6 heteroatoms. The first-order valence-corrected chi connectivity index (χ1v) is 9.30. The first-order chi connectivity index (χ1) is 8.64. The fourth-order valence-electron chi connectivity index (χ4n) is 1.94. The Morgan fingerprint density at radius 2 is 0.889 bits per heavy atom. The molecular weight excluding hydrogens is 319 g/mol. The van der Waals surface area contributed by atoms with E-state index in [1.54, 1.807) is 0 Å². The normalized spacial score (nSPS) is 22.4. The summed E-state index contributed by atoms with van der Waals surface area (Å²) in [6.07, 6.45) is -3.75. The molecule has 4 rings (SSSR count). The Balaban J connectivity index is 1.80. The Morgan fingerprint density at radius 3 is 1.17 bits per heavy atom. The fourth-order valence-corrected chi connectivity index (χ4v) is 5.90. The Labute approximate surface area is 111 Å². The Kier molecular flexibility index (Phi) is 1.81. The van der Waals surface area contributed by atoms with E-state index in [0.29, 0.717) is 23.0 Å². The third-order valence-corrected chi connectivity index (χ3v) is 6.37. The van der Waals surface area contributed by atoms with Crippen molar-refractivity contribution in [3.8, 4) is 23.0 Å². The summed E-state index contributed by atoms with van der Waals surface area (Å²) in [5.74, 6) is 2.44. The van der Waals surface area contributed by atoms with Gasteiger partial charge in [0.15, 0.2) is 0 Å². The molecular formula is C12H8BrO4P. The SMILES string of the molecule is BrP12(Oc3ccccc3O1)Oc1ccccc1O2. The number of fused-ring (bicyclic) bond motifs is 2. The van der Waals surface area contributed by atoms with Gasteiger partial charge in [0.25, 0.3) is 0 Å². The zero-order chi connectivity index (χ0) is 12.2. The summed E-state index contributed by atoms with van der Waals surface area (Å²) in [5.41, 5.74) is 0. The van der Waals surface area contributed by atoms with Crippen molar-refractivity contribution < 1.29 is 18.1 Å². The molecule has 0 fully saturated rings. The van der Waals surface area contributed by atoms with Crippen LogP contribution in [-0.4, -0.2) is 0 Å². The minimum atomic E-state index is -3.75. The molecule has 0 bridgehead atoms. The number of hydrogen-bond acceptors (Lipinski definition) is 4. The zero-order valence-electron chi connectivity index (χ0n) is 9.08. The van der Waals surface area contributed by atoms with Crippen molar-refractivity contribution in [3.63, 3.8) is 0 Å². The van der Waals surface area contributed by atoms with Crippen LogP contribution < -0.4 is 18.1 Å². The summed E-state index contributed by atoms with van der Waals surface area (Å²) in [7, 11) is 0. The van der Waals surface area contributed by atoms with Crippen LogP contribution in [0.15, 0.2) is 48.5 Å².